The maximum Gasteiger partial charge on any atom is 0.272 e. The summed E-state index contributed by atoms with van der Waals surface area (Å²) in [5.41, 5.74) is 0.159. The van der Waals surface area contributed by atoms with E-state index in [1.54, 1.807) is 4.90 Å². The van der Waals surface area contributed by atoms with Gasteiger partial charge < -0.3 is 10.2 Å². The van der Waals surface area contributed by atoms with Gasteiger partial charge >= 0.3 is 0 Å². The van der Waals surface area contributed by atoms with Crippen LogP contribution in [0.4, 0.5) is 11.4 Å². The van der Waals surface area contributed by atoms with Crippen LogP contribution in [0.5, 0.6) is 0 Å². The minimum Gasteiger partial charge on any atom is -0.374 e. The molecule has 1 aromatic carbocycles. The van der Waals surface area contributed by atoms with Crippen molar-refractivity contribution in [2.75, 3.05) is 25.0 Å². The lowest BCUT2D eigenvalue weighted by atomic mass is 10.1. The highest BCUT2D eigenvalue weighted by atomic mass is 35.5. The molecule has 1 amide bonds. The molecule has 0 aliphatic carbocycles. The maximum atomic E-state index is 12.0. The van der Waals surface area contributed by atoms with Crippen LogP contribution in [0.3, 0.4) is 0 Å². The molecule has 6 nitrogen and oxygen atoms in total. The summed E-state index contributed by atoms with van der Waals surface area (Å²) >= 11 is 11.9. The minimum atomic E-state index is -0.569. The highest BCUT2D eigenvalue weighted by molar-refractivity contribution is 6.39. The van der Waals surface area contributed by atoms with Crippen molar-refractivity contribution < 1.29 is 9.72 Å². The number of halogens is 2. The summed E-state index contributed by atoms with van der Waals surface area (Å²) in [5, 5.41) is 13.8. The van der Waals surface area contributed by atoms with Gasteiger partial charge in [0.15, 0.2) is 0 Å². The number of carbonyl (C=O) groups is 1. The fraction of sp³-hybridized carbons (Fsp3) is 0.462. The van der Waals surface area contributed by atoms with Crippen LogP contribution >= 0.6 is 23.2 Å². The van der Waals surface area contributed by atoms with Crippen LogP contribution in [0.25, 0.3) is 0 Å². The van der Waals surface area contributed by atoms with E-state index in [1.165, 1.54) is 12.1 Å². The molecule has 0 spiro atoms. The Labute approximate surface area is 132 Å². The van der Waals surface area contributed by atoms with Crippen LogP contribution in [0, 0.1) is 10.1 Å². The lowest BCUT2D eigenvalue weighted by Crippen LogP contribution is -2.39. The van der Waals surface area contributed by atoms with Gasteiger partial charge in [-0.2, -0.15) is 0 Å². The zero-order chi connectivity index (χ0) is 15.4. The van der Waals surface area contributed by atoms with Gasteiger partial charge in [-0.1, -0.05) is 23.2 Å². The molecule has 0 atom stereocenters. The average Bonchev–Trinajstić information content (AvgIpc) is 2.46. The first kappa shape index (κ1) is 15.9. The Morgan fingerprint density at radius 2 is 1.81 bits per heavy atom. The highest BCUT2D eigenvalue weighted by Gasteiger charge is 2.18. The number of hydrogen-bond acceptors (Lipinski definition) is 4. The van der Waals surface area contributed by atoms with Gasteiger partial charge in [0.05, 0.1) is 27.2 Å². The monoisotopic (exact) mass is 331 g/mol. The van der Waals surface area contributed by atoms with E-state index in [-0.39, 0.29) is 28.2 Å². The molecule has 0 saturated carbocycles. The number of likely N-dealkylation sites (tertiary alicyclic amines) is 1. The van der Waals surface area contributed by atoms with Crippen LogP contribution in [0.15, 0.2) is 12.1 Å². The quantitative estimate of drug-likeness (QED) is 0.678. The first-order valence-corrected chi connectivity index (χ1v) is 7.39. The molecule has 2 rings (SSSR count). The molecule has 8 heteroatoms. The molecule has 1 aliphatic rings. The van der Waals surface area contributed by atoms with Gasteiger partial charge in [0.25, 0.3) is 5.69 Å². The number of carbonyl (C=O) groups excluding carboxylic acids is 1. The number of nitro benzene ring substituents is 1. The van der Waals surface area contributed by atoms with Gasteiger partial charge in [0, 0.05) is 25.2 Å². The van der Waals surface area contributed by atoms with Crippen LogP contribution in [-0.2, 0) is 4.79 Å². The van der Waals surface area contributed by atoms with Crippen molar-refractivity contribution in [3.8, 4) is 0 Å². The van der Waals surface area contributed by atoms with Gasteiger partial charge in [-0.05, 0) is 19.3 Å². The van der Waals surface area contributed by atoms with Crippen molar-refractivity contribution in [1.82, 2.24) is 4.90 Å². The van der Waals surface area contributed by atoms with Crippen molar-refractivity contribution >= 4 is 40.5 Å². The molecule has 0 unspecified atom stereocenters. The number of piperidine rings is 1. The summed E-state index contributed by atoms with van der Waals surface area (Å²) in [7, 11) is 0. The number of nitrogens with one attached hydrogen (secondary N) is 1. The SMILES string of the molecule is O=C(CNc1c(Cl)cc([N+](=O)[O-])cc1Cl)N1CCCCC1. The number of rotatable bonds is 4. The second-order valence-corrected chi connectivity index (χ2v) is 5.65. The van der Waals surface area contributed by atoms with Crippen molar-refractivity contribution in [2.45, 2.75) is 19.3 Å². The Kier molecular flexibility index (Phi) is 5.25. The molecule has 0 aromatic heterocycles. The van der Waals surface area contributed by atoms with Gasteiger partial charge in [-0.15, -0.1) is 0 Å². The fourth-order valence-electron chi connectivity index (χ4n) is 2.25. The molecule has 1 aromatic rings. The summed E-state index contributed by atoms with van der Waals surface area (Å²) in [6.07, 6.45) is 3.19. The van der Waals surface area contributed by atoms with E-state index in [9.17, 15) is 14.9 Å². The van der Waals surface area contributed by atoms with E-state index < -0.39 is 4.92 Å². The maximum absolute atomic E-state index is 12.0. The standard InChI is InChI=1S/C13H15Cl2N3O3/c14-10-6-9(18(20)21)7-11(15)13(10)16-8-12(19)17-4-2-1-3-5-17/h6-7,16H,1-5,8H2. The molecule has 21 heavy (non-hydrogen) atoms. The lowest BCUT2D eigenvalue weighted by Gasteiger charge is -2.27. The third kappa shape index (κ3) is 3.98. The third-order valence-electron chi connectivity index (χ3n) is 3.36. The molecule has 1 aliphatic heterocycles. The first-order chi connectivity index (χ1) is 9.99. The Morgan fingerprint density at radius 3 is 2.33 bits per heavy atom. The number of nitro groups is 1. The second-order valence-electron chi connectivity index (χ2n) is 4.84. The zero-order valence-corrected chi connectivity index (χ0v) is 12.8. The van der Waals surface area contributed by atoms with E-state index in [2.05, 4.69) is 5.32 Å². The number of amides is 1. The predicted octanol–water partition coefficient (Wildman–Crippen LogP) is 3.33. The molecule has 114 valence electrons. The normalized spacial score (nSPS) is 14.9. The largest absolute Gasteiger partial charge is 0.374 e. The van der Waals surface area contributed by atoms with Crippen molar-refractivity contribution in [3.63, 3.8) is 0 Å². The van der Waals surface area contributed by atoms with Crippen molar-refractivity contribution in [1.29, 1.82) is 0 Å². The fourth-order valence-corrected chi connectivity index (χ4v) is 2.86. The van der Waals surface area contributed by atoms with Crippen molar-refractivity contribution in [2.24, 2.45) is 0 Å². The Morgan fingerprint density at radius 1 is 1.24 bits per heavy atom. The van der Waals surface area contributed by atoms with Gasteiger partial charge in [-0.3, -0.25) is 14.9 Å². The highest BCUT2D eigenvalue weighted by Crippen LogP contribution is 2.34. The average molecular weight is 332 g/mol. The molecule has 1 fully saturated rings. The van der Waals surface area contributed by atoms with Gasteiger partial charge in [-0.25, -0.2) is 0 Å². The van der Waals surface area contributed by atoms with E-state index in [4.69, 9.17) is 23.2 Å². The minimum absolute atomic E-state index is 0.0276. The van der Waals surface area contributed by atoms with Crippen LogP contribution in [0.1, 0.15) is 19.3 Å². The Hall–Kier alpha value is -1.53. The third-order valence-corrected chi connectivity index (χ3v) is 3.96. The number of anilines is 1. The lowest BCUT2D eigenvalue weighted by molar-refractivity contribution is -0.384. The molecule has 1 N–H and O–H groups in total. The number of hydrogen-bond donors (Lipinski definition) is 1. The molecular formula is C13H15Cl2N3O3. The molecular weight excluding hydrogens is 317 g/mol. The molecule has 0 radical (unpaired) electrons. The van der Waals surface area contributed by atoms with Crippen molar-refractivity contribution in [3.05, 3.63) is 32.3 Å². The second kappa shape index (κ2) is 6.95. The number of nitrogens with zero attached hydrogens (tertiary/aromatic N) is 2. The predicted molar refractivity (Wildman–Crippen MR) is 82.0 cm³/mol. The first-order valence-electron chi connectivity index (χ1n) is 6.64. The Balaban J connectivity index is 2.02. The number of non-ortho nitro benzene ring substituents is 1. The summed E-state index contributed by atoms with van der Waals surface area (Å²) in [6, 6.07) is 2.42. The summed E-state index contributed by atoms with van der Waals surface area (Å²) in [5.74, 6) is -0.0276. The van der Waals surface area contributed by atoms with Gasteiger partial charge in [0.1, 0.15) is 0 Å². The van der Waals surface area contributed by atoms with Gasteiger partial charge in [0.2, 0.25) is 5.91 Å². The number of benzene rings is 1. The summed E-state index contributed by atoms with van der Waals surface area (Å²) in [4.78, 5) is 24.0. The van der Waals surface area contributed by atoms with Crippen LogP contribution in [-0.4, -0.2) is 35.4 Å². The van der Waals surface area contributed by atoms with E-state index in [0.29, 0.717) is 5.69 Å². The smallest absolute Gasteiger partial charge is 0.272 e. The summed E-state index contributed by atoms with van der Waals surface area (Å²) in [6.45, 7) is 1.60. The van der Waals surface area contributed by atoms with E-state index >= 15 is 0 Å². The van der Waals surface area contributed by atoms with E-state index in [0.717, 1.165) is 32.4 Å². The molecule has 1 heterocycles. The topological polar surface area (TPSA) is 75.5 Å². The summed E-state index contributed by atoms with van der Waals surface area (Å²) < 4.78 is 0. The zero-order valence-electron chi connectivity index (χ0n) is 11.3. The molecule has 0 bridgehead atoms. The van der Waals surface area contributed by atoms with E-state index in [1.807, 2.05) is 0 Å². The van der Waals surface area contributed by atoms with Crippen LogP contribution < -0.4 is 5.32 Å². The molecule has 1 saturated heterocycles. The Bertz CT molecular complexity index is 537. The van der Waals surface area contributed by atoms with Crippen LogP contribution in [0.2, 0.25) is 10.0 Å².